The van der Waals surface area contributed by atoms with Crippen molar-refractivity contribution in [2.45, 2.75) is 31.5 Å². The van der Waals surface area contributed by atoms with Gasteiger partial charge in [0, 0.05) is 30.5 Å². The zero-order chi connectivity index (χ0) is 32.1. The van der Waals surface area contributed by atoms with E-state index >= 15 is 0 Å². The number of alkyl halides is 5. The van der Waals surface area contributed by atoms with Gasteiger partial charge in [-0.1, -0.05) is 18.2 Å². The maximum Gasteiger partial charge on any atom is 0.434 e. The molecule has 0 bridgehead atoms. The summed E-state index contributed by atoms with van der Waals surface area (Å²) in [5.74, 6) is -4.54. The molecule has 0 saturated carbocycles. The second kappa shape index (κ2) is 11.1. The molecule has 230 valence electrons. The molecule has 0 aliphatic heterocycles. The Labute approximate surface area is 245 Å². The minimum atomic E-state index is -4.77. The maximum atomic E-state index is 14.7. The molecule has 0 radical (unpaired) electrons. The average Bonchev–Trinajstić information content (AvgIpc) is 3.52. The number of rotatable bonds is 7. The second-order valence-corrected chi connectivity index (χ2v) is 11.6. The van der Waals surface area contributed by atoms with Crippen molar-refractivity contribution in [3.8, 4) is 45.1 Å². The summed E-state index contributed by atoms with van der Waals surface area (Å²) in [7, 11) is -3.60. The third kappa shape index (κ3) is 6.04. The van der Waals surface area contributed by atoms with E-state index in [0.717, 1.165) is 17.0 Å². The Hall–Kier alpha value is -4.66. The van der Waals surface area contributed by atoms with Gasteiger partial charge in [0.05, 0.1) is 10.6 Å². The van der Waals surface area contributed by atoms with Gasteiger partial charge < -0.3 is 13.7 Å². The van der Waals surface area contributed by atoms with Crippen molar-refractivity contribution in [3.05, 3.63) is 89.8 Å². The van der Waals surface area contributed by atoms with Gasteiger partial charge in [0.2, 0.25) is 0 Å². The number of halogens is 7. The molecule has 0 N–H and O–H groups in total. The maximum absolute atomic E-state index is 14.7. The Morgan fingerprint density at radius 3 is 2.16 bits per heavy atom. The standard InChI is InChI=1S/C29H20F7N3O4S/c1-14-37-24(29(34,35)36)13-39(14)23-8-7-17(16-5-4-6-19(9-16)44(3,40)41)10-20(23)25-26(42-15(2)38-25)18-11-21(30)27(22(31)12-18)43-28(32)33/h4-13,28H,1-3H3. The van der Waals surface area contributed by atoms with Crippen LogP contribution in [0, 0.1) is 25.5 Å². The molecular formula is C29H20F7N3O4S. The minimum Gasteiger partial charge on any atom is -0.440 e. The summed E-state index contributed by atoms with van der Waals surface area (Å²) < 4.78 is 130. The number of imidazole rings is 1. The van der Waals surface area contributed by atoms with Crippen LogP contribution in [0.1, 0.15) is 17.4 Å². The van der Waals surface area contributed by atoms with Crippen molar-refractivity contribution in [1.82, 2.24) is 14.5 Å². The predicted octanol–water partition coefficient (Wildman–Crippen LogP) is 7.78. The molecule has 7 nitrogen and oxygen atoms in total. The number of nitrogens with zero attached hydrogens (tertiary/aromatic N) is 3. The van der Waals surface area contributed by atoms with Gasteiger partial charge in [-0.15, -0.1) is 0 Å². The van der Waals surface area contributed by atoms with Gasteiger partial charge in [-0.2, -0.15) is 22.0 Å². The largest absolute Gasteiger partial charge is 0.440 e. The molecule has 0 spiro atoms. The van der Waals surface area contributed by atoms with Gasteiger partial charge in [-0.05, 0) is 54.4 Å². The van der Waals surface area contributed by atoms with Crippen molar-refractivity contribution < 1.29 is 48.3 Å². The molecule has 5 aromatic rings. The number of hydrogen-bond donors (Lipinski definition) is 0. The van der Waals surface area contributed by atoms with E-state index in [2.05, 4.69) is 14.7 Å². The number of aryl methyl sites for hydroxylation is 2. The van der Waals surface area contributed by atoms with Gasteiger partial charge in [0.1, 0.15) is 11.5 Å². The van der Waals surface area contributed by atoms with Crippen LogP contribution in [0.3, 0.4) is 0 Å². The fourth-order valence-corrected chi connectivity index (χ4v) is 5.24. The quantitative estimate of drug-likeness (QED) is 0.169. The van der Waals surface area contributed by atoms with Crippen LogP contribution in [0.15, 0.2) is 70.1 Å². The lowest BCUT2D eigenvalue weighted by Gasteiger charge is -2.15. The molecule has 15 heteroatoms. The number of aromatic nitrogens is 3. The van der Waals surface area contributed by atoms with Gasteiger partial charge in [-0.25, -0.2) is 27.2 Å². The molecule has 0 amide bonds. The average molecular weight is 640 g/mol. The van der Waals surface area contributed by atoms with Crippen molar-refractivity contribution in [3.63, 3.8) is 0 Å². The molecule has 3 aromatic carbocycles. The van der Waals surface area contributed by atoms with Gasteiger partial charge >= 0.3 is 12.8 Å². The first kappa shape index (κ1) is 30.8. The van der Waals surface area contributed by atoms with E-state index in [-0.39, 0.29) is 44.9 Å². The minimum absolute atomic E-state index is 0.00233. The molecule has 0 unspecified atom stereocenters. The normalized spacial score (nSPS) is 12.2. The topological polar surface area (TPSA) is 87.2 Å². The summed E-state index contributed by atoms with van der Waals surface area (Å²) in [6.07, 6.45) is -2.98. The van der Waals surface area contributed by atoms with E-state index in [1.807, 2.05) is 0 Å². The molecule has 0 fully saturated rings. The van der Waals surface area contributed by atoms with Gasteiger partial charge in [0.25, 0.3) is 0 Å². The van der Waals surface area contributed by atoms with Crippen molar-refractivity contribution in [2.24, 2.45) is 0 Å². The molecule has 2 aromatic heterocycles. The second-order valence-electron chi connectivity index (χ2n) is 9.63. The molecule has 0 saturated heterocycles. The number of benzene rings is 3. The van der Waals surface area contributed by atoms with Crippen LogP contribution in [-0.2, 0) is 16.0 Å². The zero-order valence-electron chi connectivity index (χ0n) is 22.9. The highest BCUT2D eigenvalue weighted by atomic mass is 32.2. The smallest absolute Gasteiger partial charge is 0.434 e. The van der Waals surface area contributed by atoms with Crippen LogP contribution >= 0.6 is 0 Å². The third-order valence-corrected chi connectivity index (χ3v) is 7.59. The molecule has 0 atom stereocenters. The predicted molar refractivity (Wildman–Crippen MR) is 144 cm³/mol. The fourth-order valence-electron chi connectivity index (χ4n) is 4.57. The Morgan fingerprint density at radius 2 is 1.57 bits per heavy atom. The lowest BCUT2D eigenvalue weighted by Crippen LogP contribution is -2.06. The van der Waals surface area contributed by atoms with Crippen LogP contribution in [0.2, 0.25) is 0 Å². The summed E-state index contributed by atoms with van der Waals surface area (Å²) in [4.78, 5) is 7.95. The molecule has 5 rings (SSSR count). The third-order valence-electron chi connectivity index (χ3n) is 6.48. The van der Waals surface area contributed by atoms with E-state index < -0.39 is 45.7 Å². The highest BCUT2D eigenvalue weighted by Gasteiger charge is 2.35. The van der Waals surface area contributed by atoms with Crippen molar-refractivity contribution >= 4 is 9.84 Å². The van der Waals surface area contributed by atoms with E-state index in [0.29, 0.717) is 23.3 Å². The first-order valence-corrected chi connectivity index (χ1v) is 14.4. The van der Waals surface area contributed by atoms with Crippen LogP contribution in [0.4, 0.5) is 30.7 Å². The highest BCUT2D eigenvalue weighted by Crippen LogP contribution is 2.41. The first-order chi connectivity index (χ1) is 20.5. The Kier molecular flexibility index (Phi) is 7.78. The summed E-state index contributed by atoms with van der Waals surface area (Å²) in [5.41, 5.74) is -0.461. The van der Waals surface area contributed by atoms with Crippen LogP contribution < -0.4 is 4.74 Å². The monoisotopic (exact) mass is 639 g/mol. The van der Waals surface area contributed by atoms with Crippen molar-refractivity contribution in [1.29, 1.82) is 0 Å². The van der Waals surface area contributed by atoms with Gasteiger partial charge in [-0.3, -0.25) is 0 Å². The highest BCUT2D eigenvalue weighted by molar-refractivity contribution is 7.90. The lowest BCUT2D eigenvalue weighted by molar-refractivity contribution is -0.141. The lowest BCUT2D eigenvalue weighted by atomic mass is 9.98. The summed E-state index contributed by atoms with van der Waals surface area (Å²) >= 11 is 0. The Morgan fingerprint density at radius 1 is 0.909 bits per heavy atom. The summed E-state index contributed by atoms with van der Waals surface area (Å²) in [5, 5.41) is 0. The molecular weight excluding hydrogens is 619 g/mol. The molecule has 0 aliphatic carbocycles. The molecule has 44 heavy (non-hydrogen) atoms. The fraction of sp³-hybridized carbons (Fsp3) is 0.172. The number of sulfone groups is 1. The van der Waals surface area contributed by atoms with Crippen LogP contribution in [0.25, 0.3) is 39.4 Å². The molecule has 2 heterocycles. The van der Waals surface area contributed by atoms with E-state index in [9.17, 15) is 39.2 Å². The molecule has 0 aliphatic rings. The number of ether oxygens (including phenoxy) is 1. The van der Waals surface area contributed by atoms with E-state index in [4.69, 9.17) is 4.42 Å². The SMILES string of the molecule is Cc1nc(-c2cc(-c3cccc(S(C)(=O)=O)c3)ccc2-n2cc(C(F)(F)F)nc2C)c(-c2cc(F)c(OC(F)F)c(F)c2)o1. The Bertz CT molecular complexity index is 1980. The summed E-state index contributed by atoms with van der Waals surface area (Å²) in [6.45, 7) is -0.749. The Balaban J connectivity index is 1.77. The first-order valence-electron chi connectivity index (χ1n) is 12.5. The van der Waals surface area contributed by atoms with Crippen LogP contribution in [0.5, 0.6) is 5.75 Å². The van der Waals surface area contributed by atoms with Gasteiger partial charge in [0.15, 0.2) is 44.6 Å². The van der Waals surface area contributed by atoms with E-state index in [1.165, 1.54) is 50.2 Å². The number of hydrogen-bond acceptors (Lipinski definition) is 6. The van der Waals surface area contributed by atoms with E-state index in [1.54, 1.807) is 6.07 Å². The van der Waals surface area contributed by atoms with Crippen LogP contribution in [-0.4, -0.2) is 35.8 Å². The summed E-state index contributed by atoms with van der Waals surface area (Å²) in [6, 6.07) is 11.8. The number of oxazole rings is 1. The van der Waals surface area contributed by atoms with Crippen molar-refractivity contribution in [2.75, 3.05) is 6.26 Å². The zero-order valence-corrected chi connectivity index (χ0v) is 23.7.